The topological polar surface area (TPSA) is 54.6 Å². The molecule has 1 aromatic heterocycles. The van der Waals surface area contributed by atoms with Crippen LogP contribution in [0.5, 0.6) is 5.88 Å². The minimum Gasteiger partial charge on any atom is -0.494 e. The number of hydrogen-bond acceptors (Lipinski definition) is 3. The fourth-order valence-electron chi connectivity index (χ4n) is 3.83. The van der Waals surface area contributed by atoms with Gasteiger partial charge in [0.05, 0.1) is 11.3 Å². The number of hydrogen-bond donors (Lipinski definition) is 1. The third kappa shape index (κ3) is 3.39. The van der Waals surface area contributed by atoms with Crippen molar-refractivity contribution in [2.45, 2.75) is 45.1 Å². The maximum absolute atomic E-state index is 13.1. The van der Waals surface area contributed by atoms with E-state index in [4.69, 9.17) is 4.99 Å². The number of pyridine rings is 1. The highest BCUT2D eigenvalue weighted by Gasteiger charge is 2.17. The highest BCUT2D eigenvalue weighted by molar-refractivity contribution is 6.01. The second-order valence-electron chi connectivity index (χ2n) is 7.33. The van der Waals surface area contributed by atoms with E-state index in [2.05, 4.69) is 0 Å². The molecule has 2 aromatic carbocycles. The van der Waals surface area contributed by atoms with Crippen LogP contribution in [0.4, 0.5) is 0 Å². The highest BCUT2D eigenvalue weighted by Crippen LogP contribution is 2.27. The van der Waals surface area contributed by atoms with Gasteiger partial charge in [0.15, 0.2) is 0 Å². The highest BCUT2D eigenvalue weighted by atomic mass is 16.3. The van der Waals surface area contributed by atoms with Gasteiger partial charge in [-0.2, -0.15) is 0 Å². The summed E-state index contributed by atoms with van der Waals surface area (Å²) in [5, 5.41) is 12.3. The first-order chi connectivity index (χ1) is 13.1. The lowest BCUT2D eigenvalue weighted by atomic mass is 9.96. The Labute approximate surface area is 158 Å². The van der Waals surface area contributed by atoms with Crippen LogP contribution in [-0.4, -0.2) is 21.9 Å². The minimum absolute atomic E-state index is 0.0536. The van der Waals surface area contributed by atoms with Crippen LogP contribution in [0.15, 0.2) is 58.3 Å². The van der Waals surface area contributed by atoms with E-state index in [-0.39, 0.29) is 11.4 Å². The third-order valence-corrected chi connectivity index (χ3v) is 5.38. The molecule has 0 amide bonds. The minimum atomic E-state index is -0.221. The normalized spacial score (nSPS) is 15.6. The number of fused-ring (bicyclic) bond motifs is 1. The fourth-order valence-corrected chi connectivity index (χ4v) is 3.83. The Bertz CT molecular complexity index is 1040. The van der Waals surface area contributed by atoms with E-state index >= 15 is 0 Å². The Morgan fingerprint density at radius 1 is 1.00 bits per heavy atom. The summed E-state index contributed by atoms with van der Waals surface area (Å²) in [5.74, 6) is -0.0536. The molecule has 0 radical (unpaired) electrons. The van der Waals surface area contributed by atoms with Crippen molar-refractivity contribution < 1.29 is 5.11 Å². The molecule has 27 heavy (non-hydrogen) atoms. The fraction of sp³-hybridized carbons (Fsp3) is 0.304. The second-order valence-corrected chi connectivity index (χ2v) is 7.33. The molecule has 0 spiro atoms. The van der Waals surface area contributed by atoms with Crippen LogP contribution in [0.1, 0.15) is 43.2 Å². The van der Waals surface area contributed by atoms with Gasteiger partial charge in [0.2, 0.25) is 5.88 Å². The van der Waals surface area contributed by atoms with Gasteiger partial charge in [-0.3, -0.25) is 9.79 Å². The molecule has 0 unspecified atom stereocenters. The van der Waals surface area contributed by atoms with E-state index in [1.54, 1.807) is 12.3 Å². The Morgan fingerprint density at radius 2 is 1.67 bits per heavy atom. The van der Waals surface area contributed by atoms with Crippen molar-refractivity contribution in [3.05, 3.63) is 70.0 Å². The average molecular weight is 360 g/mol. The molecule has 4 heteroatoms. The molecule has 138 valence electrons. The first kappa shape index (κ1) is 17.5. The molecule has 1 aliphatic carbocycles. The molecule has 4 nitrogen and oxygen atoms in total. The maximum Gasteiger partial charge on any atom is 0.265 e. The number of nitrogens with zero attached hydrogens (tertiary/aromatic N) is 2. The van der Waals surface area contributed by atoms with Crippen LogP contribution in [0.25, 0.3) is 16.5 Å². The Hall–Kier alpha value is -2.88. The Kier molecular flexibility index (Phi) is 4.80. The molecule has 0 bridgehead atoms. The summed E-state index contributed by atoms with van der Waals surface area (Å²) in [6.45, 7) is 2.00. The predicted molar refractivity (Wildman–Crippen MR) is 110 cm³/mol. The number of aliphatic imine (C=N–C) groups is 1. The molecule has 0 atom stereocenters. The smallest absolute Gasteiger partial charge is 0.265 e. The van der Waals surface area contributed by atoms with Crippen molar-refractivity contribution in [1.82, 2.24) is 4.57 Å². The van der Waals surface area contributed by atoms with Crippen LogP contribution in [0.2, 0.25) is 0 Å². The number of aromatic nitrogens is 1. The van der Waals surface area contributed by atoms with Gasteiger partial charge in [0.25, 0.3) is 5.56 Å². The molecule has 1 aliphatic rings. The summed E-state index contributed by atoms with van der Waals surface area (Å²) < 4.78 is 1.38. The largest absolute Gasteiger partial charge is 0.494 e. The van der Waals surface area contributed by atoms with Crippen molar-refractivity contribution in [2.24, 2.45) is 4.99 Å². The summed E-state index contributed by atoms with van der Waals surface area (Å²) >= 11 is 0. The van der Waals surface area contributed by atoms with E-state index in [1.165, 1.54) is 23.8 Å². The zero-order valence-corrected chi connectivity index (χ0v) is 15.6. The average Bonchev–Trinajstić information content (AvgIpc) is 2.70. The zero-order valence-electron chi connectivity index (χ0n) is 15.6. The Balaban J connectivity index is 1.90. The van der Waals surface area contributed by atoms with E-state index in [9.17, 15) is 9.90 Å². The predicted octanol–water partition coefficient (Wildman–Crippen LogP) is 4.76. The molecule has 4 rings (SSSR count). The van der Waals surface area contributed by atoms with Gasteiger partial charge in [-0.05, 0) is 38.0 Å². The van der Waals surface area contributed by atoms with Gasteiger partial charge in [-0.25, -0.2) is 4.57 Å². The summed E-state index contributed by atoms with van der Waals surface area (Å²) in [7, 11) is 0. The lowest BCUT2D eigenvalue weighted by Crippen LogP contribution is -2.20. The van der Waals surface area contributed by atoms with Crippen molar-refractivity contribution in [3.8, 4) is 11.6 Å². The summed E-state index contributed by atoms with van der Waals surface area (Å²) in [6.07, 6.45) is 7.63. The van der Waals surface area contributed by atoms with Gasteiger partial charge in [-0.1, -0.05) is 55.2 Å². The first-order valence-electron chi connectivity index (χ1n) is 9.62. The van der Waals surface area contributed by atoms with Gasteiger partial charge in [-0.15, -0.1) is 0 Å². The molecule has 1 saturated carbocycles. The summed E-state index contributed by atoms with van der Waals surface area (Å²) in [6, 6.07) is 15.3. The number of aryl methyl sites for hydroxylation is 1. The molecular formula is C23H24N2O2. The van der Waals surface area contributed by atoms with E-state index in [0.29, 0.717) is 22.7 Å². The standard InChI is InChI=1S/C23H24N2O2/c1-16-11-13-18(14-12-16)25-22(26)20-10-6-5-9-19(20)21(23(25)27)15-24-17-7-3-2-4-8-17/h5-6,9-15,17,27H,2-4,7-8H2,1H3. The molecule has 3 aromatic rings. The summed E-state index contributed by atoms with van der Waals surface area (Å²) in [5.41, 5.74) is 2.14. The monoisotopic (exact) mass is 360 g/mol. The van der Waals surface area contributed by atoms with Crippen LogP contribution < -0.4 is 5.56 Å². The maximum atomic E-state index is 13.1. The molecular weight excluding hydrogens is 336 g/mol. The molecule has 0 aliphatic heterocycles. The second kappa shape index (κ2) is 7.39. The van der Waals surface area contributed by atoms with Crippen LogP contribution in [0.3, 0.4) is 0 Å². The van der Waals surface area contributed by atoms with Gasteiger partial charge in [0, 0.05) is 23.0 Å². The van der Waals surface area contributed by atoms with E-state index in [0.717, 1.165) is 23.8 Å². The molecule has 1 N–H and O–H groups in total. The Morgan fingerprint density at radius 3 is 2.37 bits per heavy atom. The molecule has 0 saturated heterocycles. The zero-order chi connectivity index (χ0) is 18.8. The summed E-state index contributed by atoms with van der Waals surface area (Å²) in [4.78, 5) is 17.8. The van der Waals surface area contributed by atoms with Crippen LogP contribution in [-0.2, 0) is 0 Å². The third-order valence-electron chi connectivity index (χ3n) is 5.38. The SMILES string of the molecule is Cc1ccc(-n2c(O)c(C=NC3CCCCC3)c3ccccc3c2=O)cc1. The van der Waals surface area contributed by atoms with Gasteiger partial charge >= 0.3 is 0 Å². The quantitative estimate of drug-likeness (QED) is 0.685. The van der Waals surface area contributed by atoms with Crippen LogP contribution >= 0.6 is 0 Å². The van der Waals surface area contributed by atoms with Gasteiger partial charge in [0.1, 0.15) is 0 Å². The van der Waals surface area contributed by atoms with Crippen molar-refractivity contribution in [3.63, 3.8) is 0 Å². The van der Waals surface area contributed by atoms with Crippen molar-refractivity contribution in [1.29, 1.82) is 0 Å². The number of rotatable bonds is 3. The first-order valence-corrected chi connectivity index (χ1v) is 9.62. The van der Waals surface area contributed by atoms with E-state index in [1.807, 2.05) is 49.4 Å². The van der Waals surface area contributed by atoms with E-state index < -0.39 is 0 Å². The van der Waals surface area contributed by atoms with Crippen LogP contribution in [0, 0.1) is 6.92 Å². The number of benzene rings is 2. The lowest BCUT2D eigenvalue weighted by Gasteiger charge is -2.18. The number of aromatic hydroxyl groups is 1. The lowest BCUT2D eigenvalue weighted by molar-refractivity contribution is 0.434. The van der Waals surface area contributed by atoms with Crippen molar-refractivity contribution in [2.75, 3.05) is 0 Å². The van der Waals surface area contributed by atoms with Crippen molar-refractivity contribution >= 4 is 17.0 Å². The molecule has 1 fully saturated rings. The van der Waals surface area contributed by atoms with Gasteiger partial charge < -0.3 is 5.11 Å². The molecule has 1 heterocycles.